The summed E-state index contributed by atoms with van der Waals surface area (Å²) >= 11 is 0. The van der Waals surface area contributed by atoms with Gasteiger partial charge in [0.1, 0.15) is 5.54 Å². The van der Waals surface area contributed by atoms with Crippen LogP contribution >= 0.6 is 0 Å². The van der Waals surface area contributed by atoms with Gasteiger partial charge in [-0.2, -0.15) is 5.26 Å². The highest BCUT2D eigenvalue weighted by Gasteiger charge is 2.35. The van der Waals surface area contributed by atoms with E-state index in [9.17, 15) is 10.1 Å². The van der Waals surface area contributed by atoms with Crippen LogP contribution in [-0.2, 0) is 4.79 Å². The van der Waals surface area contributed by atoms with E-state index in [1.54, 1.807) is 12.1 Å². The summed E-state index contributed by atoms with van der Waals surface area (Å²) in [6.45, 7) is 2.30. The van der Waals surface area contributed by atoms with Crippen molar-refractivity contribution in [3.05, 3.63) is 24.3 Å². The number of carbonyl (C=O) groups excluding carboxylic acids is 1. The molecule has 0 atom stereocenters. The second-order valence-corrected chi connectivity index (χ2v) is 5.12. The fourth-order valence-electron chi connectivity index (χ4n) is 2.53. The molecule has 0 radical (unpaired) electrons. The van der Waals surface area contributed by atoms with E-state index in [1.807, 2.05) is 19.1 Å². The quantitative estimate of drug-likeness (QED) is 0.872. The first-order valence-electron chi connectivity index (χ1n) is 7.26. The first-order chi connectivity index (χ1) is 10.2. The van der Waals surface area contributed by atoms with Gasteiger partial charge in [-0.25, -0.2) is 0 Å². The third-order valence-electron chi connectivity index (χ3n) is 3.56. The SMILES string of the molecule is CCOc1ccccc1OCC(=O)NC1(C#N)CCCC1. The molecule has 112 valence electrons. The average molecular weight is 288 g/mol. The number of carbonyl (C=O) groups is 1. The van der Waals surface area contributed by atoms with E-state index in [4.69, 9.17) is 9.47 Å². The molecule has 5 nitrogen and oxygen atoms in total. The lowest BCUT2D eigenvalue weighted by Gasteiger charge is -2.22. The van der Waals surface area contributed by atoms with Gasteiger partial charge in [-0.15, -0.1) is 0 Å². The maximum atomic E-state index is 12.0. The lowest BCUT2D eigenvalue weighted by atomic mass is 10.00. The molecule has 21 heavy (non-hydrogen) atoms. The fraction of sp³-hybridized carbons (Fsp3) is 0.500. The van der Waals surface area contributed by atoms with E-state index < -0.39 is 5.54 Å². The van der Waals surface area contributed by atoms with Gasteiger partial charge in [0.05, 0.1) is 12.7 Å². The Morgan fingerprint density at radius 1 is 1.29 bits per heavy atom. The zero-order chi connectivity index (χ0) is 15.1. The second kappa shape index (κ2) is 6.98. The molecule has 0 saturated heterocycles. The minimum Gasteiger partial charge on any atom is -0.490 e. The number of nitrogens with zero attached hydrogens (tertiary/aromatic N) is 1. The van der Waals surface area contributed by atoms with Crippen LogP contribution in [0.4, 0.5) is 0 Å². The summed E-state index contributed by atoms with van der Waals surface area (Å²) in [5.41, 5.74) is -0.708. The number of nitrogens with one attached hydrogen (secondary N) is 1. The van der Waals surface area contributed by atoms with Gasteiger partial charge in [-0.3, -0.25) is 4.79 Å². The molecule has 0 bridgehead atoms. The highest BCUT2D eigenvalue weighted by atomic mass is 16.5. The third-order valence-corrected chi connectivity index (χ3v) is 3.56. The van der Waals surface area contributed by atoms with Crippen LogP contribution in [0.15, 0.2) is 24.3 Å². The van der Waals surface area contributed by atoms with Crippen molar-refractivity contribution in [2.24, 2.45) is 0 Å². The Hall–Kier alpha value is -2.22. The second-order valence-electron chi connectivity index (χ2n) is 5.12. The normalized spacial score (nSPS) is 16.0. The maximum Gasteiger partial charge on any atom is 0.259 e. The van der Waals surface area contributed by atoms with Crippen molar-refractivity contribution in [2.45, 2.75) is 38.1 Å². The lowest BCUT2D eigenvalue weighted by molar-refractivity contribution is -0.124. The molecule has 0 spiro atoms. The molecule has 1 aliphatic carbocycles. The van der Waals surface area contributed by atoms with Crippen LogP contribution in [0.25, 0.3) is 0 Å². The van der Waals surface area contributed by atoms with Gasteiger partial charge < -0.3 is 14.8 Å². The van der Waals surface area contributed by atoms with Crippen molar-refractivity contribution in [3.8, 4) is 17.6 Å². The molecule has 1 aromatic rings. The Morgan fingerprint density at radius 3 is 2.48 bits per heavy atom. The van der Waals surface area contributed by atoms with Crippen LogP contribution in [0.2, 0.25) is 0 Å². The predicted octanol–water partition coefficient (Wildman–Crippen LogP) is 2.42. The van der Waals surface area contributed by atoms with E-state index in [2.05, 4.69) is 11.4 Å². The summed E-state index contributed by atoms with van der Waals surface area (Å²) in [6, 6.07) is 9.45. The summed E-state index contributed by atoms with van der Waals surface area (Å²) in [4.78, 5) is 12.0. The summed E-state index contributed by atoms with van der Waals surface area (Å²) < 4.78 is 10.9. The van der Waals surface area contributed by atoms with Crippen molar-refractivity contribution in [3.63, 3.8) is 0 Å². The molecule has 0 aliphatic heterocycles. The molecule has 0 unspecified atom stereocenters. The lowest BCUT2D eigenvalue weighted by Crippen LogP contribution is -2.47. The van der Waals surface area contributed by atoms with Crippen LogP contribution in [-0.4, -0.2) is 24.7 Å². The van der Waals surface area contributed by atoms with Crippen molar-refractivity contribution in [2.75, 3.05) is 13.2 Å². The van der Waals surface area contributed by atoms with Gasteiger partial charge in [0.25, 0.3) is 5.91 Å². The van der Waals surface area contributed by atoms with Crippen LogP contribution in [0.3, 0.4) is 0 Å². The summed E-state index contributed by atoms with van der Waals surface area (Å²) in [6.07, 6.45) is 3.37. The monoisotopic (exact) mass is 288 g/mol. The standard InChI is InChI=1S/C16H20N2O3/c1-2-20-13-7-3-4-8-14(13)21-11-15(19)18-16(12-17)9-5-6-10-16/h3-4,7-8H,2,5-6,9-11H2,1H3,(H,18,19). The van der Waals surface area contributed by atoms with Crippen LogP contribution in [0, 0.1) is 11.3 Å². The molecular formula is C16H20N2O3. The van der Waals surface area contributed by atoms with Gasteiger partial charge in [-0.1, -0.05) is 12.1 Å². The van der Waals surface area contributed by atoms with Gasteiger partial charge >= 0.3 is 0 Å². The number of hydrogen-bond acceptors (Lipinski definition) is 4. The van der Waals surface area contributed by atoms with Gasteiger partial charge in [0.15, 0.2) is 18.1 Å². The largest absolute Gasteiger partial charge is 0.490 e. The van der Waals surface area contributed by atoms with E-state index in [-0.39, 0.29) is 12.5 Å². The zero-order valence-electron chi connectivity index (χ0n) is 12.2. The van der Waals surface area contributed by atoms with Gasteiger partial charge in [-0.05, 0) is 44.7 Å². The van der Waals surface area contributed by atoms with E-state index in [1.165, 1.54) is 0 Å². The number of rotatable bonds is 6. The summed E-state index contributed by atoms with van der Waals surface area (Å²) in [7, 11) is 0. The molecule has 0 aromatic heterocycles. The number of hydrogen-bond donors (Lipinski definition) is 1. The molecule has 1 amide bonds. The Labute approximate surface area is 124 Å². The molecule has 1 fully saturated rings. The van der Waals surface area contributed by atoms with Crippen LogP contribution in [0.1, 0.15) is 32.6 Å². The first kappa shape index (κ1) is 15.2. The molecule has 1 aromatic carbocycles. The zero-order valence-corrected chi connectivity index (χ0v) is 12.2. The van der Waals surface area contributed by atoms with E-state index >= 15 is 0 Å². The van der Waals surface area contributed by atoms with E-state index in [0.717, 1.165) is 12.8 Å². The third kappa shape index (κ3) is 3.88. The van der Waals surface area contributed by atoms with Gasteiger partial charge in [0, 0.05) is 0 Å². The molecule has 1 aliphatic rings. The van der Waals surface area contributed by atoms with Crippen molar-refractivity contribution in [1.82, 2.24) is 5.32 Å². The Bertz CT molecular complexity index is 531. The molecule has 1 saturated carbocycles. The Morgan fingerprint density at radius 2 is 1.90 bits per heavy atom. The fourth-order valence-corrected chi connectivity index (χ4v) is 2.53. The number of benzene rings is 1. The van der Waals surface area contributed by atoms with Crippen LogP contribution in [0.5, 0.6) is 11.5 Å². The minimum absolute atomic E-state index is 0.118. The molecule has 2 rings (SSSR count). The van der Waals surface area contributed by atoms with Crippen LogP contribution < -0.4 is 14.8 Å². The Balaban J connectivity index is 1.91. The Kier molecular flexibility index (Phi) is 5.04. The van der Waals surface area contributed by atoms with Gasteiger partial charge in [0.2, 0.25) is 0 Å². The van der Waals surface area contributed by atoms with Crippen molar-refractivity contribution >= 4 is 5.91 Å². The summed E-state index contributed by atoms with van der Waals surface area (Å²) in [5.74, 6) is 0.875. The highest BCUT2D eigenvalue weighted by molar-refractivity contribution is 5.79. The number of nitriles is 1. The minimum atomic E-state index is -0.708. The predicted molar refractivity (Wildman–Crippen MR) is 78.1 cm³/mol. The van der Waals surface area contributed by atoms with Crippen molar-refractivity contribution in [1.29, 1.82) is 5.26 Å². The first-order valence-corrected chi connectivity index (χ1v) is 7.26. The molecule has 5 heteroatoms. The molecule has 1 N–H and O–H groups in total. The topological polar surface area (TPSA) is 71.3 Å². The maximum absolute atomic E-state index is 12.0. The molecular weight excluding hydrogens is 268 g/mol. The number of ether oxygens (including phenoxy) is 2. The summed E-state index contributed by atoms with van der Waals surface area (Å²) in [5, 5.41) is 12.0. The smallest absolute Gasteiger partial charge is 0.259 e. The van der Waals surface area contributed by atoms with Crippen molar-refractivity contribution < 1.29 is 14.3 Å². The average Bonchev–Trinajstić information content (AvgIpc) is 2.96. The number of amides is 1. The van der Waals surface area contributed by atoms with E-state index in [0.29, 0.717) is 30.9 Å². The highest BCUT2D eigenvalue weighted by Crippen LogP contribution is 2.29. The number of para-hydroxylation sites is 2. The molecule has 0 heterocycles.